The van der Waals surface area contributed by atoms with Crippen molar-refractivity contribution in [2.75, 3.05) is 6.61 Å². The summed E-state index contributed by atoms with van der Waals surface area (Å²) >= 11 is 6.00. The molecule has 1 aliphatic rings. The number of carbonyl (C=O) groups is 2. The number of fused-ring (bicyclic) bond motifs is 1. The van der Waals surface area contributed by atoms with Crippen LogP contribution in [0.25, 0.3) is 0 Å². The summed E-state index contributed by atoms with van der Waals surface area (Å²) in [5.74, 6) is -0.202. The second-order valence-corrected chi connectivity index (χ2v) is 6.12. The molecule has 0 spiro atoms. The maximum Gasteiger partial charge on any atom is 0.255 e. The van der Waals surface area contributed by atoms with Gasteiger partial charge in [0.2, 0.25) is 0 Å². The van der Waals surface area contributed by atoms with E-state index in [4.69, 9.17) is 22.1 Å². The van der Waals surface area contributed by atoms with Crippen LogP contribution in [0.15, 0.2) is 42.5 Å². The van der Waals surface area contributed by atoms with Crippen LogP contribution in [-0.4, -0.2) is 18.4 Å². The van der Waals surface area contributed by atoms with Crippen molar-refractivity contribution in [3.8, 4) is 5.75 Å². The summed E-state index contributed by atoms with van der Waals surface area (Å²) in [7, 11) is 0. The number of primary amides is 1. The van der Waals surface area contributed by atoms with Gasteiger partial charge in [-0.15, -0.1) is 0 Å². The van der Waals surface area contributed by atoms with Gasteiger partial charge in [-0.05, 0) is 60.4 Å². The van der Waals surface area contributed by atoms with E-state index >= 15 is 0 Å². The van der Waals surface area contributed by atoms with Crippen molar-refractivity contribution in [2.45, 2.75) is 18.9 Å². The molecule has 0 bridgehead atoms. The molecular formula is C18H17ClN2O3. The van der Waals surface area contributed by atoms with E-state index in [1.807, 2.05) is 18.2 Å². The van der Waals surface area contributed by atoms with Gasteiger partial charge in [-0.25, -0.2) is 0 Å². The summed E-state index contributed by atoms with van der Waals surface area (Å²) in [5, 5.41) is 3.76. The van der Waals surface area contributed by atoms with Gasteiger partial charge in [0.15, 0.2) is 6.61 Å². The minimum Gasteiger partial charge on any atom is -0.484 e. The van der Waals surface area contributed by atoms with E-state index in [2.05, 4.69) is 5.32 Å². The molecule has 3 N–H and O–H groups in total. The number of benzene rings is 2. The summed E-state index contributed by atoms with van der Waals surface area (Å²) in [4.78, 5) is 23.1. The van der Waals surface area contributed by atoms with Gasteiger partial charge in [0.1, 0.15) is 5.75 Å². The standard InChI is InChI=1S/C18H17ClN2O3/c19-13-4-7-15-12(9-13)3-8-16(15)21-18(23)11-1-5-14(6-2-11)24-10-17(20)22/h1-2,4-7,9,16H,3,8,10H2,(H2,20,22)(H,21,23)/t16-/m1/s1. The number of ether oxygens (including phenoxy) is 1. The van der Waals surface area contributed by atoms with E-state index in [0.29, 0.717) is 16.3 Å². The summed E-state index contributed by atoms with van der Waals surface area (Å²) < 4.78 is 5.17. The average Bonchev–Trinajstić information content (AvgIpc) is 2.95. The predicted molar refractivity (Wildman–Crippen MR) is 91.1 cm³/mol. The number of rotatable bonds is 5. The van der Waals surface area contributed by atoms with Crippen LogP contribution in [0, 0.1) is 0 Å². The minimum absolute atomic E-state index is 0.00412. The number of amides is 2. The Hall–Kier alpha value is -2.53. The molecule has 124 valence electrons. The molecule has 24 heavy (non-hydrogen) atoms. The van der Waals surface area contributed by atoms with Crippen LogP contribution in [0.3, 0.4) is 0 Å². The van der Waals surface area contributed by atoms with Crippen LogP contribution in [0.1, 0.15) is 33.9 Å². The third-order valence-electron chi connectivity index (χ3n) is 3.99. The molecule has 3 rings (SSSR count). The van der Waals surface area contributed by atoms with Crippen LogP contribution in [-0.2, 0) is 11.2 Å². The first-order valence-corrected chi connectivity index (χ1v) is 8.01. The molecule has 6 heteroatoms. The Bertz CT molecular complexity index is 774. The normalized spacial score (nSPS) is 15.6. The number of hydrogen-bond acceptors (Lipinski definition) is 3. The first-order valence-electron chi connectivity index (χ1n) is 7.63. The number of aryl methyl sites for hydroxylation is 1. The van der Waals surface area contributed by atoms with E-state index in [1.165, 1.54) is 5.56 Å². The molecule has 0 aliphatic heterocycles. The highest BCUT2D eigenvalue weighted by molar-refractivity contribution is 6.30. The first kappa shape index (κ1) is 16.3. The fourth-order valence-corrected chi connectivity index (χ4v) is 3.03. The summed E-state index contributed by atoms with van der Waals surface area (Å²) in [5.41, 5.74) is 7.86. The lowest BCUT2D eigenvalue weighted by Gasteiger charge is -2.14. The highest BCUT2D eigenvalue weighted by atomic mass is 35.5. The van der Waals surface area contributed by atoms with E-state index in [-0.39, 0.29) is 18.6 Å². The van der Waals surface area contributed by atoms with Crippen molar-refractivity contribution >= 4 is 23.4 Å². The Morgan fingerprint density at radius 2 is 1.96 bits per heavy atom. The predicted octanol–water partition coefficient (Wildman–Crippen LogP) is 2.62. The minimum atomic E-state index is -0.545. The fourth-order valence-electron chi connectivity index (χ4n) is 2.83. The third-order valence-corrected chi connectivity index (χ3v) is 4.22. The average molecular weight is 345 g/mol. The molecule has 0 radical (unpaired) electrons. The Morgan fingerprint density at radius 3 is 2.67 bits per heavy atom. The van der Waals surface area contributed by atoms with Gasteiger partial charge in [-0.1, -0.05) is 17.7 Å². The Balaban J connectivity index is 1.65. The smallest absolute Gasteiger partial charge is 0.255 e. The van der Waals surface area contributed by atoms with E-state index in [9.17, 15) is 9.59 Å². The van der Waals surface area contributed by atoms with Gasteiger partial charge in [-0.2, -0.15) is 0 Å². The van der Waals surface area contributed by atoms with Gasteiger partial charge in [0.05, 0.1) is 6.04 Å². The molecule has 1 atom stereocenters. The molecule has 0 saturated carbocycles. The first-order chi connectivity index (χ1) is 11.5. The van der Waals surface area contributed by atoms with Gasteiger partial charge >= 0.3 is 0 Å². The number of nitrogens with one attached hydrogen (secondary N) is 1. The van der Waals surface area contributed by atoms with Crippen molar-refractivity contribution in [3.05, 3.63) is 64.2 Å². The van der Waals surface area contributed by atoms with Crippen LogP contribution < -0.4 is 15.8 Å². The van der Waals surface area contributed by atoms with Crippen molar-refractivity contribution in [1.82, 2.24) is 5.32 Å². The molecule has 0 aromatic heterocycles. The largest absolute Gasteiger partial charge is 0.484 e. The molecule has 0 fully saturated rings. The van der Waals surface area contributed by atoms with Crippen molar-refractivity contribution in [2.24, 2.45) is 5.73 Å². The van der Waals surface area contributed by atoms with Crippen LogP contribution in [0.4, 0.5) is 0 Å². The zero-order valence-electron chi connectivity index (χ0n) is 12.9. The van der Waals surface area contributed by atoms with Crippen molar-refractivity contribution in [3.63, 3.8) is 0 Å². The second kappa shape index (κ2) is 6.93. The molecule has 2 aromatic rings. The van der Waals surface area contributed by atoms with E-state index < -0.39 is 5.91 Å². The Morgan fingerprint density at radius 1 is 1.21 bits per heavy atom. The molecular weight excluding hydrogens is 328 g/mol. The van der Waals surface area contributed by atoms with E-state index in [1.54, 1.807) is 24.3 Å². The van der Waals surface area contributed by atoms with E-state index in [0.717, 1.165) is 18.4 Å². The number of halogens is 1. The van der Waals surface area contributed by atoms with Gasteiger partial charge in [0.25, 0.3) is 11.8 Å². The zero-order valence-corrected chi connectivity index (χ0v) is 13.7. The quantitative estimate of drug-likeness (QED) is 0.874. The summed E-state index contributed by atoms with van der Waals surface area (Å²) in [6.45, 7) is -0.188. The lowest BCUT2D eigenvalue weighted by atomic mass is 10.1. The van der Waals surface area contributed by atoms with Gasteiger partial charge < -0.3 is 15.8 Å². The number of nitrogens with two attached hydrogens (primary N) is 1. The molecule has 5 nitrogen and oxygen atoms in total. The molecule has 2 aromatic carbocycles. The molecule has 1 aliphatic carbocycles. The second-order valence-electron chi connectivity index (χ2n) is 5.69. The monoisotopic (exact) mass is 344 g/mol. The molecule has 0 saturated heterocycles. The lowest BCUT2D eigenvalue weighted by Crippen LogP contribution is -2.27. The summed E-state index contributed by atoms with van der Waals surface area (Å²) in [6, 6.07) is 12.4. The fraction of sp³-hybridized carbons (Fsp3) is 0.222. The van der Waals surface area contributed by atoms with Crippen molar-refractivity contribution in [1.29, 1.82) is 0 Å². The molecule has 0 heterocycles. The number of hydrogen-bond donors (Lipinski definition) is 2. The van der Waals surface area contributed by atoms with Gasteiger partial charge in [-0.3, -0.25) is 9.59 Å². The summed E-state index contributed by atoms with van der Waals surface area (Å²) in [6.07, 6.45) is 1.77. The van der Waals surface area contributed by atoms with Crippen LogP contribution in [0.5, 0.6) is 5.75 Å². The maximum absolute atomic E-state index is 12.4. The SMILES string of the molecule is NC(=O)COc1ccc(C(=O)N[C@@H]2CCc3cc(Cl)ccc32)cc1. The third kappa shape index (κ3) is 3.68. The maximum atomic E-state index is 12.4. The van der Waals surface area contributed by atoms with Crippen molar-refractivity contribution < 1.29 is 14.3 Å². The van der Waals surface area contributed by atoms with Crippen LogP contribution in [0.2, 0.25) is 5.02 Å². The Kier molecular flexibility index (Phi) is 4.71. The molecule has 0 unspecified atom stereocenters. The van der Waals surface area contributed by atoms with Gasteiger partial charge in [0, 0.05) is 10.6 Å². The van der Waals surface area contributed by atoms with Crippen LogP contribution >= 0.6 is 11.6 Å². The highest BCUT2D eigenvalue weighted by Gasteiger charge is 2.24. The molecule has 2 amide bonds. The topological polar surface area (TPSA) is 81.4 Å². The zero-order chi connectivity index (χ0) is 17.1. The highest BCUT2D eigenvalue weighted by Crippen LogP contribution is 2.33. The lowest BCUT2D eigenvalue weighted by molar-refractivity contribution is -0.119. The Labute approximate surface area is 144 Å². The number of carbonyl (C=O) groups excluding carboxylic acids is 2.